The van der Waals surface area contributed by atoms with Gasteiger partial charge in [0.15, 0.2) is 0 Å². The summed E-state index contributed by atoms with van der Waals surface area (Å²) >= 11 is 0. The van der Waals surface area contributed by atoms with E-state index in [1.807, 2.05) is 0 Å². The predicted octanol–water partition coefficient (Wildman–Crippen LogP) is 2.07. The molecule has 8 heteroatoms. The largest absolute Gasteiger partial charge is 0.462 e. The topological polar surface area (TPSA) is 112 Å². The number of nitrogens with zero attached hydrogens (tertiary/aromatic N) is 1. The van der Waals surface area contributed by atoms with E-state index >= 15 is 0 Å². The molecule has 0 aliphatic heterocycles. The number of pyridine rings is 1. The van der Waals surface area contributed by atoms with Crippen LogP contribution in [0.2, 0.25) is 0 Å². The summed E-state index contributed by atoms with van der Waals surface area (Å²) in [6.45, 7) is 11.4. The summed E-state index contributed by atoms with van der Waals surface area (Å²) in [6.07, 6.45) is 2.48. The molecule has 1 atom stereocenters. The maximum Gasteiger partial charge on any atom is 0.336 e. The first-order valence-corrected chi connectivity index (χ1v) is 8.82. The average molecular weight is 403 g/mol. The highest BCUT2D eigenvalue weighted by atomic mass is 16.6. The molecule has 0 aliphatic carbocycles. The van der Waals surface area contributed by atoms with Gasteiger partial charge in [0.05, 0.1) is 16.7 Å². The van der Waals surface area contributed by atoms with E-state index in [4.69, 9.17) is 14.2 Å². The lowest BCUT2D eigenvalue weighted by Crippen LogP contribution is -2.39. The molecule has 1 unspecified atom stereocenters. The van der Waals surface area contributed by atoms with Crippen molar-refractivity contribution in [3.8, 4) is 0 Å². The van der Waals surface area contributed by atoms with Gasteiger partial charge in [-0.15, -0.1) is 0 Å². The number of carbonyl (C=O) groups is 3. The van der Waals surface area contributed by atoms with Crippen LogP contribution in [0, 0.1) is 5.41 Å². The van der Waals surface area contributed by atoms with Crippen LogP contribution < -0.4 is 0 Å². The van der Waals surface area contributed by atoms with Crippen LogP contribution in [0.3, 0.4) is 0 Å². The first kappa shape index (κ1) is 23.8. The number of rotatable bonds is 12. The third kappa shape index (κ3) is 7.34. The molecule has 1 aromatic heterocycles. The maximum absolute atomic E-state index is 12.4. The first-order valence-electron chi connectivity index (χ1n) is 8.82. The lowest BCUT2D eigenvalue weighted by Gasteiger charge is -2.31. The van der Waals surface area contributed by atoms with E-state index in [-0.39, 0.29) is 31.1 Å². The van der Waals surface area contributed by atoms with Gasteiger partial charge in [0.2, 0.25) is 0 Å². The van der Waals surface area contributed by atoms with Gasteiger partial charge in [0.1, 0.15) is 25.9 Å². The number of aromatic nitrogens is 1. The monoisotopic (exact) mass is 403 g/mol. The van der Waals surface area contributed by atoms with Crippen molar-refractivity contribution in [3.05, 3.63) is 67.6 Å². The molecule has 0 bridgehead atoms. The van der Waals surface area contributed by atoms with Gasteiger partial charge in [-0.05, 0) is 18.6 Å². The summed E-state index contributed by atoms with van der Waals surface area (Å²) in [7, 11) is 0. The normalized spacial score (nSPS) is 11.7. The summed E-state index contributed by atoms with van der Waals surface area (Å²) in [6, 6.07) is 4.87. The fourth-order valence-electron chi connectivity index (χ4n) is 2.14. The standard InChI is InChI=1S/C21H25NO7/c1-5-17(23)27-12-21(7-3,13-28-18(24)6-2)14-29-20(26)15(4)19(25)16-10-8-9-11-22-16/h5-6,8-11,19,25H,1-2,4,7,12-14H2,3H3. The molecule has 0 fully saturated rings. The fourth-order valence-corrected chi connectivity index (χ4v) is 2.14. The fraction of sp³-hybridized carbons (Fsp3) is 0.333. The Hall–Kier alpha value is -3.26. The lowest BCUT2D eigenvalue weighted by molar-refractivity contribution is -0.156. The zero-order valence-corrected chi connectivity index (χ0v) is 16.3. The Balaban J connectivity index is 2.84. The maximum atomic E-state index is 12.4. The molecule has 1 rings (SSSR count). The van der Waals surface area contributed by atoms with E-state index in [9.17, 15) is 19.5 Å². The minimum absolute atomic E-state index is 0.179. The Labute approximate surface area is 169 Å². The van der Waals surface area contributed by atoms with Gasteiger partial charge < -0.3 is 19.3 Å². The molecule has 0 radical (unpaired) electrons. The molecule has 0 saturated carbocycles. The summed E-state index contributed by atoms with van der Waals surface area (Å²) in [5.41, 5.74) is -0.959. The van der Waals surface area contributed by atoms with Gasteiger partial charge in [-0.2, -0.15) is 0 Å². The molecule has 1 N–H and O–H groups in total. The average Bonchev–Trinajstić information content (AvgIpc) is 2.77. The molecule has 0 saturated heterocycles. The molecular weight excluding hydrogens is 378 g/mol. The zero-order chi connectivity index (χ0) is 21.9. The number of aliphatic hydroxyl groups is 1. The molecule has 0 aromatic carbocycles. The van der Waals surface area contributed by atoms with Crippen LogP contribution in [-0.2, 0) is 28.6 Å². The Morgan fingerprint density at radius 2 is 1.66 bits per heavy atom. The van der Waals surface area contributed by atoms with Crippen molar-refractivity contribution >= 4 is 17.9 Å². The SMILES string of the molecule is C=CC(=O)OCC(CC)(COC(=O)C=C)COC(=O)C(=C)C(O)c1ccccn1. The Kier molecular flexibility index (Phi) is 9.47. The van der Waals surface area contributed by atoms with Crippen LogP contribution in [0.25, 0.3) is 0 Å². The van der Waals surface area contributed by atoms with E-state index in [0.29, 0.717) is 6.42 Å². The third-order valence-electron chi connectivity index (χ3n) is 4.19. The van der Waals surface area contributed by atoms with E-state index in [1.165, 1.54) is 6.20 Å². The van der Waals surface area contributed by atoms with E-state index in [0.717, 1.165) is 12.2 Å². The number of esters is 3. The van der Waals surface area contributed by atoms with Crippen molar-refractivity contribution in [1.82, 2.24) is 4.98 Å². The van der Waals surface area contributed by atoms with Gasteiger partial charge in [-0.3, -0.25) is 4.98 Å². The van der Waals surface area contributed by atoms with Crippen LogP contribution in [-0.4, -0.2) is 47.8 Å². The molecule has 0 aliphatic rings. The summed E-state index contributed by atoms with van der Waals surface area (Å²) in [4.78, 5) is 39.2. The van der Waals surface area contributed by atoms with Crippen molar-refractivity contribution in [1.29, 1.82) is 0 Å². The van der Waals surface area contributed by atoms with Crippen molar-refractivity contribution in [2.45, 2.75) is 19.4 Å². The van der Waals surface area contributed by atoms with Crippen molar-refractivity contribution in [3.63, 3.8) is 0 Å². The summed E-state index contributed by atoms with van der Waals surface area (Å²) in [5, 5.41) is 10.2. The molecule has 0 spiro atoms. The zero-order valence-electron chi connectivity index (χ0n) is 16.3. The van der Waals surface area contributed by atoms with Gasteiger partial charge in [0.25, 0.3) is 0 Å². The Morgan fingerprint density at radius 1 is 1.10 bits per heavy atom. The predicted molar refractivity (Wildman–Crippen MR) is 104 cm³/mol. The lowest BCUT2D eigenvalue weighted by atomic mass is 9.88. The summed E-state index contributed by atoms with van der Waals surface area (Å²) < 4.78 is 15.4. The second kappa shape index (κ2) is 11.6. The van der Waals surface area contributed by atoms with Crippen LogP contribution in [0.4, 0.5) is 0 Å². The van der Waals surface area contributed by atoms with E-state index < -0.39 is 29.4 Å². The van der Waals surface area contributed by atoms with Crippen LogP contribution in [0.15, 0.2) is 61.9 Å². The highest BCUT2D eigenvalue weighted by Crippen LogP contribution is 2.26. The number of hydrogen-bond donors (Lipinski definition) is 1. The number of aliphatic hydroxyl groups excluding tert-OH is 1. The highest BCUT2D eigenvalue weighted by molar-refractivity contribution is 5.89. The molecular formula is C21H25NO7. The molecule has 1 aromatic rings. The van der Waals surface area contributed by atoms with Crippen molar-refractivity contribution in [2.75, 3.05) is 19.8 Å². The molecule has 1 heterocycles. The summed E-state index contributed by atoms with van der Waals surface area (Å²) in [5.74, 6) is -2.19. The minimum atomic E-state index is -1.34. The van der Waals surface area contributed by atoms with Crippen LogP contribution >= 0.6 is 0 Å². The number of ether oxygens (including phenoxy) is 3. The second-order valence-corrected chi connectivity index (χ2v) is 6.24. The highest BCUT2D eigenvalue weighted by Gasteiger charge is 2.34. The molecule has 8 nitrogen and oxygen atoms in total. The third-order valence-corrected chi connectivity index (χ3v) is 4.19. The van der Waals surface area contributed by atoms with Crippen molar-refractivity contribution < 1.29 is 33.7 Å². The molecule has 156 valence electrons. The van der Waals surface area contributed by atoms with Gasteiger partial charge in [0, 0.05) is 18.3 Å². The molecule has 29 heavy (non-hydrogen) atoms. The smallest absolute Gasteiger partial charge is 0.336 e. The Morgan fingerprint density at radius 3 is 2.10 bits per heavy atom. The van der Waals surface area contributed by atoms with E-state index in [1.54, 1.807) is 25.1 Å². The van der Waals surface area contributed by atoms with E-state index in [2.05, 4.69) is 24.7 Å². The number of hydrogen-bond acceptors (Lipinski definition) is 8. The van der Waals surface area contributed by atoms with Crippen LogP contribution in [0.1, 0.15) is 25.1 Å². The first-order chi connectivity index (χ1) is 13.8. The molecule has 0 amide bonds. The van der Waals surface area contributed by atoms with Crippen molar-refractivity contribution in [2.24, 2.45) is 5.41 Å². The number of carbonyl (C=O) groups excluding carboxylic acids is 3. The second-order valence-electron chi connectivity index (χ2n) is 6.24. The van der Waals surface area contributed by atoms with Gasteiger partial charge >= 0.3 is 17.9 Å². The van der Waals surface area contributed by atoms with Gasteiger partial charge in [-0.1, -0.05) is 32.7 Å². The van der Waals surface area contributed by atoms with Gasteiger partial charge in [-0.25, -0.2) is 14.4 Å². The quantitative estimate of drug-likeness (QED) is 0.321. The minimum Gasteiger partial charge on any atom is -0.462 e. The Bertz CT molecular complexity index is 734. The van der Waals surface area contributed by atoms with Crippen LogP contribution in [0.5, 0.6) is 0 Å².